The van der Waals surface area contributed by atoms with Gasteiger partial charge >= 0.3 is 0 Å². The maximum absolute atomic E-state index is 13.0. The van der Waals surface area contributed by atoms with Crippen LogP contribution in [0.25, 0.3) is 88.1 Å². The van der Waals surface area contributed by atoms with Crippen LogP contribution in [0.3, 0.4) is 0 Å². The molecule has 3 saturated heterocycles. The molecular formula is C101H105N27O10S4. The van der Waals surface area contributed by atoms with Gasteiger partial charge in [0, 0.05) is 184 Å². The highest BCUT2D eigenvalue weighted by molar-refractivity contribution is 8.01. The number of hydrogen-bond acceptors (Lipinski definition) is 25. The molecule has 12 aromatic heterocycles. The number of anilines is 8. The third-order valence-corrected chi connectivity index (χ3v) is 24.9. The lowest BCUT2D eigenvalue weighted by Gasteiger charge is -2.30. The molecule has 4 amide bonds. The molecule has 17 aromatic rings. The molecule has 15 heterocycles. The van der Waals surface area contributed by atoms with Gasteiger partial charge in [0.2, 0.25) is 0 Å². The van der Waals surface area contributed by atoms with Crippen LogP contribution in [0.5, 0.6) is 11.5 Å². The number of carbonyl (C=O) groups is 4. The largest absolute Gasteiger partial charge is 0.456 e. The number of H-pyrrole nitrogens is 4. The number of aromatic nitrogens is 16. The Morgan fingerprint density at radius 2 is 0.620 bits per heavy atom. The standard InChI is InChI=1S/C26H22N6O3S.C25H27N7O3S.C25H27N7O2S.C24H25N7O2S.CH4/c1-36(2,34)32-24-11-9-19(15-28-24)29-26(33)25-22-13-17(8-10-23(22)30-31-25)18-12-21(16-27-14-18)35-20-6-4-3-5-7-20;1-36(2,34)31-23-6-4-20(15-27-23)28-25(33)24-21-12-18(3-5-22(21)29-30-24)19-11-17(13-26-14-19)16-32-7-9-35-10-8-32;1-35(2,34)31-23-8-6-20(15-27-23)28-25(33)24-21-12-18(5-7-22(21)29-30-24)19-11-17(13-26-14-19)16-32-9-3-4-10-32;1-34(2,33)30-22-7-5-19(14-26-22)27-24(32)23-20-11-17(4-6-21(20)28-29-23)18-10-16(12-25-13-18)15-31-8-3-9-31;/h3-16H,1H2,2H3,(H,29,33)(H,30,31)(H,28,32,34);3-6,11-15H,1,7-10,16H2,2H3,(H,28,33)(H,29,30)(H,27,31,34);5-8,11-15H,1,3-4,9-10,16H2,2H3,(H,28,33)(H,29,30)(H,27,31,34);4-7,10-14H,1,3,8-9,15H2,2H3,(H,27,32)(H,28,29)(H,26,30,33);1H4. The first-order valence-corrected chi connectivity index (χ1v) is 53.1. The number of ether oxygens (including phenoxy) is 2. The number of para-hydroxylation sites is 1. The summed E-state index contributed by atoms with van der Waals surface area (Å²) in [6.45, 7) is 10.5. The summed E-state index contributed by atoms with van der Waals surface area (Å²) in [7, 11) is -9.74. The topological polar surface area (TPSA) is 479 Å². The molecule has 0 bridgehead atoms. The fourth-order valence-corrected chi connectivity index (χ4v) is 17.9. The summed E-state index contributed by atoms with van der Waals surface area (Å²) in [5, 5.41) is 42.6. The van der Waals surface area contributed by atoms with Gasteiger partial charge in [-0.2, -0.15) is 20.4 Å². The Morgan fingerprint density at radius 3 is 0.901 bits per heavy atom. The minimum atomic E-state index is -2.44. The van der Waals surface area contributed by atoms with Crippen molar-refractivity contribution < 1.29 is 45.5 Å². The van der Waals surface area contributed by atoms with Crippen LogP contribution in [0, 0.1) is 0 Å². The van der Waals surface area contributed by atoms with Crippen molar-refractivity contribution in [3.8, 4) is 56.0 Å². The van der Waals surface area contributed by atoms with E-state index in [0.29, 0.717) is 74.0 Å². The molecule has 3 aliphatic heterocycles. The molecule has 41 heteroatoms. The summed E-state index contributed by atoms with van der Waals surface area (Å²) in [6, 6.07) is 54.2. The van der Waals surface area contributed by atoms with E-state index in [1.54, 1.807) is 60.9 Å². The third kappa shape index (κ3) is 26.7. The molecule has 12 N–H and O–H groups in total. The van der Waals surface area contributed by atoms with E-state index in [0.717, 1.165) is 155 Å². The zero-order chi connectivity index (χ0) is 98.4. The average Bonchev–Trinajstić information content (AvgIpc) is 1.66. The summed E-state index contributed by atoms with van der Waals surface area (Å²) >= 11 is 0. The van der Waals surface area contributed by atoms with Gasteiger partial charge in [0.05, 0.1) is 89.0 Å². The normalized spacial score (nSPS) is 14.8. The van der Waals surface area contributed by atoms with Crippen LogP contribution in [0.15, 0.2) is 250 Å². The number of fused-ring (bicyclic) bond motifs is 4. The quantitative estimate of drug-likeness (QED) is 0.0203. The van der Waals surface area contributed by atoms with Crippen molar-refractivity contribution in [3.63, 3.8) is 0 Å². The van der Waals surface area contributed by atoms with Gasteiger partial charge in [0.1, 0.15) is 34.8 Å². The number of nitrogens with one attached hydrogen (secondary N) is 12. The highest BCUT2D eigenvalue weighted by atomic mass is 32.2. The Morgan fingerprint density at radius 1 is 0.331 bits per heavy atom. The van der Waals surface area contributed by atoms with Crippen LogP contribution in [-0.4, -0.2) is 237 Å². The Hall–Kier alpha value is -16.0. The van der Waals surface area contributed by atoms with Crippen molar-refractivity contribution in [2.75, 3.05) is 118 Å². The van der Waals surface area contributed by atoms with Crippen LogP contribution in [0.4, 0.5) is 46.0 Å². The van der Waals surface area contributed by atoms with Crippen molar-refractivity contribution in [3.05, 3.63) is 290 Å². The first-order chi connectivity index (χ1) is 67.8. The molecule has 4 unspecified atom stereocenters. The number of rotatable bonds is 28. The molecule has 4 atom stereocenters. The lowest BCUT2D eigenvalue weighted by molar-refractivity contribution is 0.0341. The summed E-state index contributed by atoms with van der Waals surface area (Å²) in [6.07, 6.45) is 30.2. The number of likely N-dealkylation sites (tertiary alicyclic amines) is 2. The SMILES string of the molecule is C.C=S(C)(=O)Nc1ccc(NC(=O)c2n[nH]c3ccc(-c4cncc(CN5CCC5)c4)cc23)cn1.C=S(C)(=O)Nc1ccc(NC(=O)c2n[nH]c3ccc(-c4cncc(CN5CCCC5)c4)cc23)cn1.C=S(C)(=O)Nc1ccc(NC(=O)c2n[nH]c3ccc(-c4cncc(CN5CCOCC5)c4)cc23)cn1.C=S(C)(=O)Nc1ccc(NC(=O)c2n[nH]c3ccc(-c4cncc(Oc5ccccc5)c4)cc23)cn1. The summed E-state index contributed by atoms with van der Waals surface area (Å²) in [4.78, 5) is 93.4. The number of hydrogen-bond donors (Lipinski definition) is 12. The maximum atomic E-state index is 13.0. The average molecular weight is 1990 g/mol. The van der Waals surface area contributed by atoms with E-state index in [1.165, 1.54) is 80.2 Å². The van der Waals surface area contributed by atoms with Crippen LogP contribution in [-0.2, 0) is 63.2 Å². The van der Waals surface area contributed by atoms with Gasteiger partial charge in [-0.15, -0.1) is 0 Å². The first kappa shape index (κ1) is 99.0. The minimum absolute atomic E-state index is 0. The number of amides is 4. The molecule has 0 saturated carbocycles. The van der Waals surface area contributed by atoms with Crippen molar-refractivity contribution in [1.29, 1.82) is 0 Å². The number of aromatic amines is 4. The van der Waals surface area contributed by atoms with Gasteiger partial charge < -0.3 is 30.7 Å². The molecule has 3 aliphatic rings. The Kier molecular flexibility index (Phi) is 30.7. The van der Waals surface area contributed by atoms with Crippen molar-refractivity contribution in [2.45, 2.75) is 46.3 Å². The fraction of sp³-hybridized carbons (Fsp3) is 0.188. The zero-order valence-electron chi connectivity index (χ0n) is 77.3. The number of carbonyl (C=O) groups excluding carboxylic acids is 4. The molecule has 20 rings (SSSR count). The molecule has 0 aliphatic carbocycles. The molecule has 142 heavy (non-hydrogen) atoms. The van der Waals surface area contributed by atoms with Gasteiger partial charge in [-0.3, -0.25) is 93.1 Å². The van der Waals surface area contributed by atoms with Crippen molar-refractivity contribution in [1.82, 2.24) is 95.4 Å². The fourth-order valence-electron chi connectivity index (χ4n) is 15.7. The van der Waals surface area contributed by atoms with Gasteiger partial charge in [0.25, 0.3) is 23.6 Å². The van der Waals surface area contributed by atoms with E-state index in [1.807, 2.05) is 146 Å². The van der Waals surface area contributed by atoms with Gasteiger partial charge in [-0.1, -0.05) is 49.9 Å². The number of benzene rings is 5. The maximum Gasteiger partial charge on any atom is 0.276 e. The highest BCUT2D eigenvalue weighted by Crippen LogP contribution is 2.35. The predicted molar refractivity (Wildman–Crippen MR) is 569 cm³/mol. The predicted octanol–water partition coefficient (Wildman–Crippen LogP) is 14.8. The second-order valence-corrected chi connectivity index (χ2v) is 43.2. The number of morpholine rings is 1. The molecule has 3 fully saturated rings. The van der Waals surface area contributed by atoms with Crippen LogP contribution in [0.1, 0.15) is 85.3 Å². The van der Waals surface area contributed by atoms with E-state index < -0.39 is 44.7 Å². The van der Waals surface area contributed by atoms with E-state index in [4.69, 9.17) is 9.47 Å². The van der Waals surface area contributed by atoms with Gasteiger partial charge in [-0.05, 0) is 241 Å². The minimum Gasteiger partial charge on any atom is -0.456 e. The van der Waals surface area contributed by atoms with Gasteiger partial charge in [-0.25, -0.2) is 36.8 Å². The summed E-state index contributed by atoms with van der Waals surface area (Å²) < 4.78 is 69.3. The first-order valence-electron chi connectivity index (χ1n) is 44.5. The Bertz CT molecular complexity index is 7940. The van der Waals surface area contributed by atoms with E-state index in [9.17, 15) is 36.0 Å². The molecule has 37 nitrogen and oxygen atoms in total. The lowest BCUT2D eigenvalue weighted by atomic mass is 10.0. The second-order valence-electron chi connectivity index (χ2n) is 34.4. The summed E-state index contributed by atoms with van der Waals surface area (Å²) in [5.74, 6) is 15.7. The highest BCUT2D eigenvalue weighted by Gasteiger charge is 2.24. The van der Waals surface area contributed by atoms with E-state index in [2.05, 4.69) is 177 Å². The second kappa shape index (κ2) is 44.0. The molecule has 0 spiro atoms. The molecule has 728 valence electrons. The van der Waals surface area contributed by atoms with Crippen molar-refractivity contribution >= 4 is 176 Å². The molecule has 0 radical (unpaired) electrons. The third-order valence-electron chi connectivity index (χ3n) is 22.4. The van der Waals surface area contributed by atoms with Crippen LogP contribution >= 0.6 is 0 Å². The zero-order valence-corrected chi connectivity index (χ0v) is 80.6. The Balaban J connectivity index is 0.000000136. The summed E-state index contributed by atoms with van der Waals surface area (Å²) in [5.41, 5.74) is 17.1. The van der Waals surface area contributed by atoms with E-state index in [-0.39, 0.29) is 42.2 Å². The van der Waals surface area contributed by atoms with Crippen LogP contribution in [0.2, 0.25) is 0 Å². The lowest BCUT2D eigenvalue weighted by Crippen LogP contribution is -2.36. The molecule has 5 aromatic carbocycles. The van der Waals surface area contributed by atoms with Crippen molar-refractivity contribution in [2.24, 2.45) is 0 Å². The van der Waals surface area contributed by atoms with Crippen LogP contribution < -0.4 is 44.9 Å². The monoisotopic (exact) mass is 1980 g/mol. The molecular weight excluding hydrogens is 1880 g/mol. The Labute approximate surface area is 820 Å². The smallest absolute Gasteiger partial charge is 0.276 e. The number of nitrogens with zero attached hydrogens (tertiary/aromatic N) is 15. The van der Waals surface area contributed by atoms with Gasteiger partial charge in [0.15, 0.2) is 22.8 Å². The van der Waals surface area contributed by atoms with E-state index >= 15 is 0 Å². The number of pyridine rings is 8.